The average molecular weight is 481 g/mol. The first-order valence-corrected chi connectivity index (χ1v) is 12.7. The van der Waals surface area contributed by atoms with E-state index >= 15 is 0 Å². The van der Waals surface area contributed by atoms with Gasteiger partial charge in [-0.2, -0.15) is 0 Å². The summed E-state index contributed by atoms with van der Waals surface area (Å²) in [6.45, 7) is 5.23. The monoisotopic (exact) mass is 480 g/mol. The van der Waals surface area contributed by atoms with E-state index in [1.54, 1.807) is 19.5 Å². The number of piperidine rings is 1. The molecule has 1 aromatic heterocycles. The Morgan fingerprint density at radius 2 is 1.89 bits per heavy atom. The Kier molecular flexibility index (Phi) is 6.90. The van der Waals surface area contributed by atoms with Gasteiger partial charge in [0.15, 0.2) is 5.82 Å². The van der Waals surface area contributed by atoms with Crippen molar-refractivity contribution in [3.05, 3.63) is 59.2 Å². The molecule has 0 bridgehead atoms. The number of carbonyl (C=O) groups is 1. The van der Waals surface area contributed by atoms with Gasteiger partial charge in [-0.25, -0.2) is 9.97 Å². The largest absolute Gasteiger partial charge is 0.385 e. The number of aryl methyl sites for hydroxylation is 1. The molecule has 2 aromatic rings. The number of morpholine rings is 1. The smallest absolute Gasteiger partial charge is 0.253 e. The van der Waals surface area contributed by atoms with Crippen molar-refractivity contribution in [3.63, 3.8) is 0 Å². The Labute approximate surface area is 207 Å². The van der Waals surface area contributed by atoms with Crippen molar-refractivity contribution in [3.8, 4) is 0 Å². The molecule has 35 heavy (non-hydrogen) atoms. The third-order valence-electron chi connectivity index (χ3n) is 7.88. The van der Waals surface area contributed by atoms with Crippen molar-refractivity contribution >= 4 is 5.91 Å². The minimum atomic E-state index is -0.741. The van der Waals surface area contributed by atoms with Crippen molar-refractivity contribution < 1.29 is 19.4 Å². The van der Waals surface area contributed by atoms with Crippen LogP contribution in [0, 0.1) is 6.92 Å². The first-order chi connectivity index (χ1) is 16.9. The van der Waals surface area contributed by atoms with Crippen LogP contribution in [0.5, 0.6) is 0 Å². The number of aliphatic hydroxyl groups is 1. The number of methoxy groups -OCH3 is 1. The third-order valence-corrected chi connectivity index (χ3v) is 7.88. The van der Waals surface area contributed by atoms with Gasteiger partial charge in [-0.1, -0.05) is 18.9 Å². The molecule has 5 rings (SSSR count). The second-order valence-corrected chi connectivity index (χ2v) is 10.4. The van der Waals surface area contributed by atoms with Crippen LogP contribution in [0.4, 0.5) is 0 Å². The predicted molar refractivity (Wildman–Crippen MR) is 131 cm³/mol. The van der Waals surface area contributed by atoms with E-state index in [-0.39, 0.29) is 17.6 Å². The number of nitrogens with zero attached hydrogens (tertiary/aromatic N) is 4. The van der Waals surface area contributed by atoms with Crippen LogP contribution in [0.15, 0.2) is 36.7 Å². The summed E-state index contributed by atoms with van der Waals surface area (Å²) in [6, 6.07) is 7.59. The Bertz CT molecular complexity index is 1030. The molecule has 8 heteroatoms. The third kappa shape index (κ3) is 4.98. The molecular weight excluding hydrogens is 444 g/mol. The summed E-state index contributed by atoms with van der Waals surface area (Å²) in [6.07, 6.45) is 8.45. The highest BCUT2D eigenvalue weighted by molar-refractivity contribution is 5.94. The Morgan fingerprint density at radius 1 is 1.17 bits per heavy atom. The number of hydrogen-bond acceptors (Lipinski definition) is 7. The van der Waals surface area contributed by atoms with Crippen molar-refractivity contribution in [1.29, 1.82) is 0 Å². The van der Waals surface area contributed by atoms with Crippen molar-refractivity contribution in [2.24, 2.45) is 0 Å². The summed E-state index contributed by atoms with van der Waals surface area (Å²) in [4.78, 5) is 26.4. The second kappa shape index (κ2) is 9.93. The van der Waals surface area contributed by atoms with Gasteiger partial charge in [0, 0.05) is 51.2 Å². The highest BCUT2D eigenvalue weighted by atomic mass is 16.5. The summed E-state index contributed by atoms with van der Waals surface area (Å²) in [5.41, 5.74) is 1.54. The van der Waals surface area contributed by atoms with Crippen LogP contribution in [0.1, 0.15) is 71.9 Å². The molecule has 1 aromatic carbocycles. The molecule has 3 heterocycles. The number of amides is 1. The molecule has 0 radical (unpaired) electrons. The zero-order valence-electron chi connectivity index (χ0n) is 20.8. The summed E-state index contributed by atoms with van der Waals surface area (Å²) >= 11 is 0. The van der Waals surface area contributed by atoms with Gasteiger partial charge in [-0.3, -0.25) is 9.69 Å². The molecule has 3 fully saturated rings. The topological polar surface area (TPSA) is 88.0 Å². The first-order valence-electron chi connectivity index (χ1n) is 12.7. The summed E-state index contributed by atoms with van der Waals surface area (Å²) in [5, 5.41) is 11.0. The Morgan fingerprint density at radius 3 is 2.54 bits per heavy atom. The van der Waals surface area contributed by atoms with Gasteiger partial charge in [0.25, 0.3) is 5.91 Å². The molecule has 2 saturated heterocycles. The SMILES string of the molecule is COCN1CC(c2ncccn2)OC2(CCN(C(=O)c3ccc(C4(O)CCCC4)c(C)c3)CC2)C1. The molecule has 8 nitrogen and oxygen atoms in total. The fourth-order valence-corrected chi connectivity index (χ4v) is 6.10. The molecule has 2 aliphatic heterocycles. The van der Waals surface area contributed by atoms with E-state index in [4.69, 9.17) is 9.47 Å². The van der Waals surface area contributed by atoms with Gasteiger partial charge in [-0.05, 0) is 61.9 Å². The number of likely N-dealkylation sites (tertiary alicyclic amines) is 1. The quantitative estimate of drug-likeness (QED) is 0.703. The summed E-state index contributed by atoms with van der Waals surface area (Å²) < 4.78 is 12.1. The van der Waals surface area contributed by atoms with E-state index in [1.807, 2.05) is 36.1 Å². The number of benzene rings is 1. The minimum absolute atomic E-state index is 0.0420. The molecule has 1 amide bonds. The maximum absolute atomic E-state index is 13.4. The standard InChI is InChI=1S/C27H36N4O4/c1-20-16-21(6-7-22(20)27(33)8-3-4-9-27)25(32)31-14-10-26(11-15-31)18-30(19-34-2)17-23(35-26)24-28-12-5-13-29-24/h5-7,12-13,16,23,33H,3-4,8-11,14-15,17-19H2,1-2H3. The lowest BCUT2D eigenvalue weighted by Crippen LogP contribution is -2.58. The highest BCUT2D eigenvalue weighted by Gasteiger charge is 2.45. The molecule has 1 unspecified atom stereocenters. The maximum Gasteiger partial charge on any atom is 0.253 e. The molecular formula is C27H36N4O4. The van der Waals surface area contributed by atoms with E-state index in [2.05, 4.69) is 14.9 Å². The normalized spacial score (nSPS) is 24.1. The summed E-state index contributed by atoms with van der Waals surface area (Å²) in [7, 11) is 1.70. The Hall–Kier alpha value is -2.39. The minimum Gasteiger partial charge on any atom is -0.385 e. The van der Waals surface area contributed by atoms with Crippen LogP contribution in [0.2, 0.25) is 0 Å². The summed E-state index contributed by atoms with van der Waals surface area (Å²) in [5.74, 6) is 0.728. The van der Waals surface area contributed by atoms with Gasteiger partial charge in [0.1, 0.15) is 6.10 Å². The van der Waals surface area contributed by atoms with Crippen LogP contribution < -0.4 is 0 Å². The first kappa shape index (κ1) is 24.3. The van der Waals surface area contributed by atoms with Gasteiger partial charge < -0.3 is 19.5 Å². The van der Waals surface area contributed by atoms with Crippen LogP contribution in [-0.2, 0) is 15.1 Å². The van der Waals surface area contributed by atoms with Gasteiger partial charge in [0.05, 0.1) is 17.9 Å². The van der Waals surface area contributed by atoms with E-state index in [1.165, 1.54) is 0 Å². The van der Waals surface area contributed by atoms with Gasteiger partial charge >= 0.3 is 0 Å². The molecule has 1 saturated carbocycles. The van der Waals surface area contributed by atoms with Gasteiger partial charge in [-0.15, -0.1) is 0 Å². The number of hydrogen-bond donors (Lipinski definition) is 1. The van der Waals surface area contributed by atoms with E-state index < -0.39 is 5.60 Å². The molecule has 188 valence electrons. The van der Waals surface area contributed by atoms with Crippen LogP contribution in [0.3, 0.4) is 0 Å². The fourth-order valence-electron chi connectivity index (χ4n) is 6.10. The zero-order chi connectivity index (χ0) is 24.5. The van der Waals surface area contributed by atoms with Crippen LogP contribution >= 0.6 is 0 Å². The molecule has 1 N–H and O–H groups in total. The average Bonchev–Trinajstić information content (AvgIpc) is 3.32. The molecule has 3 aliphatic rings. The number of ether oxygens (including phenoxy) is 2. The van der Waals surface area contributed by atoms with E-state index in [9.17, 15) is 9.90 Å². The number of carbonyl (C=O) groups excluding carboxylic acids is 1. The van der Waals surface area contributed by atoms with Crippen LogP contribution in [-0.4, -0.2) is 76.4 Å². The van der Waals surface area contributed by atoms with E-state index in [0.717, 1.165) is 56.2 Å². The molecule has 1 aliphatic carbocycles. The lowest BCUT2D eigenvalue weighted by molar-refractivity contribution is -0.189. The van der Waals surface area contributed by atoms with Crippen molar-refractivity contribution in [1.82, 2.24) is 19.8 Å². The van der Waals surface area contributed by atoms with Crippen LogP contribution in [0.25, 0.3) is 0 Å². The maximum atomic E-state index is 13.4. The van der Waals surface area contributed by atoms with E-state index in [0.29, 0.717) is 37.8 Å². The zero-order valence-corrected chi connectivity index (χ0v) is 20.8. The predicted octanol–water partition coefficient (Wildman–Crippen LogP) is 3.20. The lowest BCUT2D eigenvalue weighted by Gasteiger charge is -2.49. The molecule has 1 atom stereocenters. The second-order valence-electron chi connectivity index (χ2n) is 10.4. The number of rotatable bonds is 5. The lowest BCUT2D eigenvalue weighted by atomic mass is 9.87. The Balaban J connectivity index is 1.27. The fraction of sp³-hybridized carbons (Fsp3) is 0.593. The van der Waals surface area contributed by atoms with Crippen molar-refractivity contribution in [2.75, 3.05) is 40.0 Å². The molecule has 1 spiro atoms. The highest BCUT2D eigenvalue weighted by Crippen LogP contribution is 2.40. The number of aromatic nitrogens is 2. The van der Waals surface area contributed by atoms with Crippen molar-refractivity contribution in [2.45, 2.75) is 62.8 Å². The van der Waals surface area contributed by atoms with Gasteiger partial charge in [0.2, 0.25) is 0 Å².